The van der Waals surface area contributed by atoms with Crippen LogP contribution in [0.5, 0.6) is 11.5 Å². The van der Waals surface area contributed by atoms with Gasteiger partial charge in [-0.2, -0.15) is 0 Å². The van der Waals surface area contributed by atoms with Crippen molar-refractivity contribution in [3.8, 4) is 11.5 Å². The SMILES string of the molecule is CNC(=O)c1c(C)cccc1NC(=O)CCCOc1ccc(C(C)=O)cc1OC. The second-order valence-corrected chi connectivity index (χ2v) is 6.50. The highest BCUT2D eigenvalue weighted by Crippen LogP contribution is 2.28. The minimum atomic E-state index is -0.247. The molecule has 2 aromatic rings. The Bertz CT molecular complexity index is 908. The highest BCUT2D eigenvalue weighted by Gasteiger charge is 2.15. The number of ether oxygens (including phenoxy) is 2. The van der Waals surface area contributed by atoms with Gasteiger partial charge in [0, 0.05) is 19.0 Å². The predicted octanol–water partition coefficient (Wildman–Crippen LogP) is 3.36. The van der Waals surface area contributed by atoms with E-state index in [0.29, 0.717) is 41.3 Å². The van der Waals surface area contributed by atoms with Crippen LogP contribution < -0.4 is 20.1 Å². The molecule has 7 nitrogen and oxygen atoms in total. The Hall–Kier alpha value is -3.35. The van der Waals surface area contributed by atoms with Crippen molar-refractivity contribution in [2.75, 3.05) is 26.1 Å². The van der Waals surface area contributed by atoms with Crippen molar-refractivity contribution in [3.63, 3.8) is 0 Å². The van der Waals surface area contributed by atoms with Gasteiger partial charge in [-0.05, 0) is 50.1 Å². The van der Waals surface area contributed by atoms with Crippen LogP contribution in [0.2, 0.25) is 0 Å². The van der Waals surface area contributed by atoms with Crippen LogP contribution in [0.25, 0.3) is 0 Å². The summed E-state index contributed by atoms with van der Waals surface area (Å²) >= 11 is 0. The van der Waals surface area contributed by atoms with E-state index in [2.05, 4.69) is 10.6 Å². The summed E-state index contributed by atoms with van der Waals surface area (Å²) in [6, 6.07) is 10.3. The molecule has 0 saturated carbocycles. The lowest BCUT2D eigenvalue weighted by Crippen LogP contribution is -2.22. The number of methoxy groups -OCH3 is 1. The summed E-state index contributed by atoms with van der Waals surface area (Å²) in [7, 11) is 3.06. The average molecular weight is 398 g/mol. The Kier molecular flexibility index (Phi) is 7.77. The highest BCUT2D eigenvalue weighted by molar-refractivity contribution is 6.04. The molecule has 0 unspecified atom stereocenters. The molecule has 7 heteroatoms. The molecule has 0 atom stereocenters. The number of aryl methyl sites for hydroxylation is 1. The van der Waals surface area contributed by atoms with Crippen LogP contribution in [0.15, 0.2) is 36.4 Å². The smallest absolute Gasteiger partial charge is 0.253 e. The van der Waals surface area contributed by atoms with Crippen LogP contribution in [-0.4, -0.2) is 38.4 Å². The minimum absolute atomic E-state index is 0.0567. The zero-order chi connectivity index (χ0) is 21.4. The number of ketones is 1. The molecular weight excluding hydrogens is 372 g/mol. The Labute approximate surface area is 170 Å². The molecule has 2 N–H and O–H groups in total. The van der Waals surface area contributed by atoms with E-state index in [-0.39, 0.29) is 24.0 Å². The summed E-state index contributed by atoms with van der Waals surface area (Å²) in [4.78, 5) is 35.8. The second-order valence-electron chi connectivity index (χ2n) is 6.50. The van der Waals surface area contributed by atoms with Crippen LogP contribution in [-0.2, 0) is 4.79 Å². The predicted molar refractivity (Wildman–Crippen MR) is 111 cm³/mol. The van der Waals surface area contributed by atoms with E-state index in [1.807, 2.05) is 13.0 Å². The zero-order valence-corrected chi connectivity index (χ0v) is 17.1. The van der Waals surface area contributed by atoms with Crippen molar-refractivity contribution in [1.82, 2.24) is 5.32 Å². The standard InChI is InChI=1S/C22H26N2O5/c1-14-7-5-8-17(21(14)22(27)23-3)24-20(26)9-6-12-29-18-11-10-16(15(2)25)13-19(18)28-4/h5,7-8,10-11,13H,6,9,12H2,1-4H3,(H,23,27)(H,24,26). The van der Waals surface area contributed by atoms with Crippen molar-refractivity contribution in [2.24, 2.45) is 0 Å². The first-order valence-electron chi connectivity index (χ1n) is 9.30. The number of carbonyl (C=O) groups excluding carboxylic acids is 3. The van der Waals surface area contributed by atoms with Gasteiger partial charge in [0.05, 0.1) is 25.0 Å². The minimum Gasteiger partial charge on any atom is -0.493 e. The fourth-order valence-corrected chi connectivity index (χ4v) is 2.83. The van der Waals surface area contributed by atoms with Gasteiger partial charge in [0.2, 0.25) is 5.91 Å². The number of carbonyl (C=O) groups is 3. The lowest BCUT2D eigenvalue weighted by molar-refractivity contribution is -0.116. The molecule has 0 aliphatic carbocycles. The maximum atomic E-state index is 12.3. The number of hydrogen-bond acceptors (Lipinski definition) is 5. The first kappa shape index (κ1) is 21.9. The highest BCUT2D eigenvalue weighted by atomic mass is 16.5. The molecule has 0 bridgehead atoms. The summed E-state index contributed by atoms with van der Waals surface area (Å²) in [6.07, 6.45) is 0.708. The van der Waals surface area contributed by atoms with Gasteiger partial charge in [0.15, 0.2) is 17.3 Å². The largest absolute Gasteiger partial charge is 0.493 e. The average Bonchev–Trinajstić information content (AvgIpc) is 2.70. The van der Waals surface area contributed by atoms with Gasteiger partial charge < -0.3 is 20.1 Å². The Morgan fingerprint density at radius 2 is 1.83 bits per heavy atom. The topological polar surface area (TPSA) is 93.7 Å². The van der Waals surface area contributed by atoms with Gasteiger partial charge in [-0.3, -0.25) is 14.4 Å². The third-order valence-corrected chi connectivity index (χ3v) is 4.38. The fourth-order valence-electron chi connectivity index (χ4n) is 2.83. The Morgan fingerprint density at radius 1 is 1.07 bits per heavy atom. The van der Waals surface area contributed by atoms with E-state index < -0.39 is 0 Å². The molecule has 154 valence electrons. The fraction of sp³-hybridized carbons (Fsp3) is 0.318. The van der Waals surface area contributed by atoms with Gasteiger partial charge in [0.25, 0.3) is 5.91 Å². The molecule has 2 aromatic carbocycles. The van der Waals surface area contributed by atoms with Crippen molar-refractivity contribution in [2.45, 2.75) is 26.7 Å². The molecular formula is C22H26N2O5. The van der Waals surface area contributed by atoms with E-state index in [4.69, 9.17) is 9.47 Å². The first-order chi connectivity index (χ1) is 13.9. The van der Waals surface area contributed by atoms with Gasteiger partial charge in [-0.25, -0.2) is 0 Å². The number of rotatable bonds is 9. The molecule has 0 spiro atoms. The van der Waals surface area contributed by atoms with Crippen LogP contribution in [0.1, 0.15) is 46.0 Å². The van der Waals surface area contributed by atoms with Crippen LogP contribution in [0, 0.1) is 6.92 Å². The second kappa shape index (κ2) is 10.3. The number of hydrogen-bond donors (Lipinski definition) is 2. The third-order valence-electron chi connectivity index (χ3n) is 4.38. The molecule has 0 heterocycles. The molecule has 29 heavy (non-hydrogen) atoms. The molecule has 2 rings (SSSR count). The van der Waals surface area contributed by atoms with Crippen molar-refractivity contribution >= 4 is 23.3 Å². The number of Topliss-reactive ketones (excluding diaryl/α,β-unsaturated/α-hetero) is 1. The van der Waals surface area contributed by atoms with E-state index in [1.54, 1.807) is 37.4 Å². The molecule has 0 aliphatic rings. The zero-order valence-electron chi connectivity index (χ0n) is 17.1. The van der Waals surface area contributed by atoms with Crippen molar-refractivity contribution < 1.29 is 23.9 Å². The normalized spacial score (nSPS) is 10.2. The lowest BCUT2D eigenvalue weighted by Gasteiger charge is -2.13. The van der Waals surface area contributed by atoms with Gasteiger partial charge >= 0.3 is 0 Å². The molecule has 0 fully saturated rings. The van der Waals surface area contributed by atoms with Crippen molar-refractivity contribution in [3.05, 3.63) is 53.1 Å². The monoisotopic (exact) mass is 398 g/mol. The Balaban J connectivity index is 1.91. The summed E-state index contributed by atoms with van der Waals surface area (Å²) in [5.41, 5.74) is 2.26. The number of nitrogens with one attached hydrogen (secondary N) is 2. The maximum Gasteiger partial charge on any atom is 0.253 e. The molecule has 0 saturated heterocycles. The third kappa shape index (κ3) is 5.81. The quantitative estimate of drug-likeness (QED) is 0.499. The summed E-state index contributed by atoms with van der Waals surface area (Å²) in [6.45, 7) is 3.61. The summed E-state index contributed by atoms with van der Waals surface area (Å²) in [5.74, 6) is 0.473. The molecule has 0 aromatic heterocycles. The number of benzene rings is 2. The lowest BCUT2D eigenvalue weighted by atomic mass is 10.1. The van der Waals surface area contributed by atoms with Gasteiger partial charge in [-0.1, -0.05) is 12.1 Å². The van der Waals surface area contributed by atoms with E-state index in [0.717, 1.165) is 5.56 Å². The summed E-state index contributed by atoms with van der Waals surface area (Å²) in [5, 5.41) is 5.37. The number of anilines is 1. The molecule has 0 radical (unpaired) electrons. The van der Waals surface area contributed by atoms with E-state index in [9.17, 15) is 14.4 Å². The Morgan fingerprint density at radius 3 is 2.48 bits per heavy atom. The maximum absolute atomic E-state index is 12.3. The number of amides is 2. The van der Waals surface area contributed by atoms with Gasteiger partial charge in [0.1, 0.15) is 0 Å². The van der Waals surface area contributed by atoms with Crippen LogP contribution >= 0.6 is 0 Å². The first-order valence-corrected chi connectivity index (χ1v) is 9.30. The van der Waals surface area contributed by atoms with Crippen LogP contribution in [0.4, 0.5) is 5.69 Å². The van der Waals surface area contributed by atoms with Crippen LogP contribution in [0.3, 0.4) is 0 Å². The molecule has 2 amide bonds. The molecule has 0 aliphatic heterocycles. The van der Waals surface area contributed by atoms with Crippen molar-refractivity contribution in [1.29, 1.82) is 0 Å². The van der Waals surface area contributed by atoms with Gasteiger partial charge in [-0.15, -0.1) is 0 Å². The summed E-state index contributed by atoms with van der Waals surface area (Å²) < 4.78 is 10.9. The van der Waals surface area contributed by atoms with E-state index >= 15 is 0 Å². The van der Waals surface area contributed by atoms with E-state index in [1.165, 1.54) is 14.0 Å².